The molecule has 0 saturated heterocycles. The van der Waals surface area contributed by atoms with E-state index < -0.39 is 0 Å². The van der Waals surface area contributed by atoms with E-state index in [4.69, 9.17) is 16.3 Å². The summed E-state index contributed by atoms with van der Waals surface area (Å²) in [6.07, 6.45) is 2.23. The van der Waals surface area contributed by atoms with Gasteiger partial charge in [0.15, 0.2) is 5.96 Å². The van der Waals surface area contributed by atoms with Crippen LogP contribution in [0.3, 0.4) is 0 Å². The summed E-state index contributed by atoms with van der Waals surface area (Å²) in [6, 6.07) is 7.80. The van der Waals surface area contributed by atoms with Gasteiger partial charge in [0.1, 0.15) is 6.54 Å². The molecule has 0 aliphatic rings. The van der Waals surface area contributed by atoms with Crippen molar-refractivity contribution >= 4 is 59.2 Å². The van der Waals surface area contributed by atoms with Crippen LogP contribution in [0.25, 0.3) is 0 Å². The second kappa shape index (κ2) is 17.0. The first kappa shape index (κ1) is 28.3. The Hall–Kier alpha value is -0.710. The number of nitrogens with one attached hydrogen (secondary N) is 2. The third-order valence-corrected chi connectivity index (χ3v) is 4.93. The lowest BCUT2D eigenvalue weighted by Gasteiger charge is -2.14. The van der Waals surface area contributed by atoms with Gasteiger partial charge >= 0.3 is 0 Å². The summed E-state index contributed by atoms with van der Waals surface area (Å²) in [5.74, 6) is 1.52. The van der Waals surface area contributed by atoms with Crippen LogP contribution in [0, 0.1) is 0 Å². The molecule has 0 atom stereocenters. The first-order chi connectivity index (χ1) is 13.4. The van der Waals surface area contributed by atoms with Crippen molar-refractivity contribution in [3.05, 3.63) is 29.3 Å². The molecule has 0 fully saturated rings. The topological polar surface area (TPSA) is 66.0 Å². The molecule has 1 rings (SSSR count). The van der Waals surface area contributed by atoms with Gasteiger partial charge in [0.2, 0.25) is 5.91 Å². The van der Waals surface area contributed by atoms with E-state index in [0.717, 1.165) is 43.3 Å². The van der Waals surface area contributed by atoms with Gasteiger partial charge in [0.05, 0.1) is 6.10 Å². The smallest absolute Gasteiger partial charge is 0.243 e. The van der Waals surface area contributed by atoms with Crippen LogP contribution in [0.5, 0.6) is 0 Å². The van der Waals surface area contributed by atoms with Crippen LogP contribution < -0.4 is 10.6 Å². The van der Waals surface area contributed by atoms with Crippen molar-refractivity contribution in [2.24, 2.45) is 4.99 Å². The molecule has 6 nitrogen and oxygen atoms in total. The summed E-state index contributed by atoms with van der Waals surface area (Å²) >= 11 is 7.65. The Morgan fingerprint density at radius 1 is 1.17 bits per heavy atom. The summed E-state index contributed by atoms with van der Waals surface area (Å²) in [4.78, 5) is 18.9. The zero-order valence-corrected chi connectivity index (χ0v) is 21.6. The van der Waals surface area contributed by atoms with Gasteiger partial charge in [0, 0.05) is 49.5 Å². The molecule has 0 radical (unpaired) electrons. The van der Waals surface area contributed by atoms with Gasteiger partial charge in [-0.15, -0.1) is 35.7 Å². The number of thioether (sulfide) groups is 1. The Morgan fingerprint density at radius 2 is 1.83 bits per heavy atom. The summed E-state index contributed by atoms with van der Waals surface area (Å²) in [6.45, 7) is 6.49. The van der Waals surface area contributed by atoms with E-state index in [9.17, 15) is 4.79 Å². The van der Waals surface area contributed by atoms with Gasteiger partial charge in [-0.3, -0.25) is 4.79 Å². The summed E-state index contributed by atoms with van der Waals surface area (Å²) in [7, 11) is 3.46. The number of benzene rings is 1. The summed E-state index contributed by atoms with van der Waals surface area (Å²) in [5.41, 5.74) is 0. The molecule has 9 heteroatoms. The zero-order chi connectivity index (χ0) is 20.8. The van der Waals surface area contributed by atoms with Crippen molar-refractivity contribution in [2.75, 3.05) is 46.1 Å². The SMILES string of the molecule is CC(C)OCCCCNC(=NCC(=O)N(C)C)NCCSc1ccc(Cl)cc1.I. The summed E-state index contributed by atoms with van der Waals surface area (Å²) < 4.78 is 5.55. The largest absolute Gasteiger partial charge is 0.379 e. The Morgan fingerprint density at radius 3 is 2.45 bits per heavy atom. The van der Waals surface area contributed by atoms with E-state index in [-0.39, 0.29) is 42.5 Å². The van der Waals surface area contributed by atoms with Gasteiger partial charge in [-0.05, 0) is 51.0 Å². The maximum atomic E-state index is 11.8. The maximum absolute atomic E-state index is 11.8. The monoisotopic (exact) mass is 556 g/mol. The molecular weight excluding hydrogens is 523 g/mol. The lowest BCUT2D eigenvalue weighted by atomic mass is 10.3. The molecule has 0 aliphatic heterocycles. The lowest BCUT2D eigenvalue weighted by molar-refractivity contribution is -0.127. The van der Waals surface area contributed by atoms with Crippen molar-refractivity contribution < 1.29 is 9.53 Å². The zero-order valence-electron chi connectivity index (χ0n) is 17.7. The number of nitrogens with zero attached hydrogens (tertiary/aromatic N) is 2. The molecule has 29 heavy (non-hydrogen) atoms. The number of rotatable bonds is 12. The molecule has 0 aromatic heterocycles. The van der Waals surface area contributed by atoms with Crippen LogP contribution in [0.2, 0.25) is 5.02 Å². The highest BCUT2D eigenvalue weighted by Gasteiger charge is 2.05. The first-order valence-electron chi connectivity index (χ1n) is 9.60. The third kappa shape index (κ3) is 14.8. The fourth-order valence-electron chi connectivity index (χ4n) is 2.08. The maximum Gasteiger partial charge on any atom is 0.243 e. The van der Waals surface area contributed by atoms with E-state index in [2.05, 4.69) is 15.6 Å². The number of carbonyl (C=O) groups is 1. The van der Waals surface area contributed by atoms with Crippen LogP contribution >= 0.6 is 47.3 Å². The molecule has 166 valence electrons. The molecule has 2 N–H and O–H groups in total. The molecule has 0 aliphatic carbocycles. The second-order valence-electron chi connectivity index (χ2n) is 6.74. The number of likely N-dealkylation sites (N-methyl/N-ethyl adjacent to an activating group) is 1. The quantitative estimate of drug-likeness (QED) is 0.135. The molecule has 1 aromatic rings. The lowest BCUT2D eigenvalue weighted by Crippen LogP contribution is -2.40. The second-order valence-corrected chi connectivity index (χ2v) is 8.34. The summed E-state index contributed by atoms with van der Waals surface area (Å²) in [5, 5.41) is 7.33. The molecule has 1 amide bonds. The minimum atomic E-state index is -0.0260. The number of hydrogen-bond acceptors (Lipinski definition) is 4. The van der Waals surface area contributed by atoms with E-state index in [1.165, 1.54) is 4.90 Å². The van der Waals surface area contributed by atoms with Crippen LogP contribution in [0.4, 0.5) is 0 Å². The number of carbonyl (C=O) groups excluding carboxylic acids is 1. The number of unbranched alkanes of at least 4 members (excludes halogenated alkanes) is 1. The number of amides is 1. The minimum absolute atomic E-state index is 0. The Bertz CT molecular complexity index is 601. The van der Waals surface area contributed by atoms with Gasteiger partial charge in [-0.1, -0.05) is 11.6 Å². The van der Waals surface area contributed by atoms with Crippen LogP contribution in [0.15, 0.2) is 34.2 Å². The van der Waals surface area contributed by atoms with Crippen molar-refractivity contribution in [3.8, 4) is 0 Å². The molecule has 0 unspecified atom stereocenters. The number of halogens is 2. The normalized spacial score (nSPS) is 11.2. The van der Waals surface area contributed by atoms with E-state index in [1.54, 1.807) is 30.8 Å². The number of aliphatic imine (C=N–C) groups is 1. The fourth-order valence-corrected chi connectivity index (χ4v) is 2.98. The Balaban J connectivity index is 0.00000784. The number of guanidine groups is 1. The highest BCUT2D eigenvalue weighted by Crippen LogP contribution is 2.19. The number of ether oxygens (including phenoxy) is 1. The van der Waals surface area contributed by atoms with Gasteiger partial charge < -0.3 is 20.3 Å². The third-order valence-electron chi connectivity index (χ3n) is 3.66. The fraction of sp³-hybridized carbons (Fsp3) is 0.600. The molecular formula is C20H34ClIN4O2S. The molecule has 1 aromatic carbocycles. The minimum Gasteiger partial charge on any atom is -0.379 e. The van der Waals surface area contributed by atoms with Gasteiger partial charge in [-0.25, -0.2) is 4.99 Å². The van der Waals surface area contributed by atoms with Gasteiger partial charge in [0.25, 0.3) is 0 Å². The molecule has 0 saturated carbocycles. The average Bonchev–Trinajstić information content (AvgIpc) is 2.65. The molecule has 0 bridgehead atoms. The van der Waals surface area contributed by atoms with Crippen molar-refractivity contribution in [1.82, 2.24) is 15.5 Å². The highest BCUT2D eigenvalue weighted by molar-refractivity contribution is 14.0. The van der Waals surface area contributed by atoms with Crippen LogP contribution in [-0.4, -0.2) is 69.0 Å². The van der Waals surface area contributed by atoms with E-state index >= 15 is 0 Å². The first-order valence-corrected chi connectivity index (χ1v) is 11.0. The number of hydrogen-bond donors (Lipinski definition) is 2. The van der Waals surface area contributed by atoms with Gasteiger partial charge in [-0.2, -0.15) is 0 Å². The highest BCUT2D eigenvalue weighted by atomic mass is 127. The van der Waals surface area contributed by atoms with Crippen LogP contribution in [0.1, 0.15) is 26.7 Å². The van der Waals surface area contributed by atoms with Crippen molar-refractivity contribution in [2.45, 2.75) is 37.7 Å². The standard InChI is InChI=1S/C20H33ClN4O2S.HI/c1-16(2)27-13-6-5-11-22-20(24-15-19(26)25(3)4)23-12-14-28-18-9-7-17(21)8-10-18;/h7-10,16H,5-6,11-15H2,1-4H3,(H2,22,23,24);1H. The van der Waals surface area contributed by atoms with Crippen LogP contribution in [-0.2, 0) is 9.53 Å². The van der Waals surface area contributed by atoms with E-state index in [1.807, 2.05) is 38.1 Å². The predicted octanol–water partition coefficient (Wildman–Crippen LogP) is 3.88. The molecule has 0 spiro atoms. The predicted molar refractivity (Wildman–Crippen MR) is 135 cm³/mol. The van der Waals surface area contributed by atoms with Crippen molar-refractivity contribution in [1.29, 1.82) is 0 Å². The Labute approximate surface area is 201 Å². The molecule has 0 heterocycles. The van der Waals surface area contributed by atoms with Crippen molar-refractivity contribution in [3.63, 3.8) is 0 Å². The van der Waals surface area contributed by atoms with E-state index in [0.29, 0.717) is 5.96 Å². The Kier molecular flexibility index (Phi) is 16.6. The average molecular weight is 557 g/mol.